The third kappa shape index (κ3) is 3.48. The summed E-state index contributed by atoms with van der Waals surface area (Å²) in [5, 5.41) is 0. The predicted octanol–water partition coefficient (Wildman–Crippen LogP) is 3.00. The highest BCUT2D eigenvalue weighted by Crippen LogP contribution is 2.59. The van der Waals surface area contributed by atoms with Crippen LogP contribution in [-0.4, -0.2) is 36.0 Å². The van der Waals surface area contributed by atoms with Crippen LogP contribution >= 0.6 is 0 Å². The summed E-state index contributed by atoms with van der Waals surface area (Å²) in [4.78, 5) is 24.4. The van der Waals surface area contributed by atoms with Crippen LogP contribution in [0.25, 0.3) is 0 Å². The molecule has 4 nitrogen and oxygen atoms in total. The molecule has 4 heteroatoms. The number of piperidine rings is 1. The van der Waals surface area contributed by atoms with Gasteiger partial charge in [-0.15, -0.1) is 0 Å². The first kappa shape index (κ1) is 14.4. The molecular weight excluding hydrogens is 242 g/mol. The molecule has 0 bridgehead atoms. The molecule has 1 aliphatic carbocycles. The second kappa shape index (κ2) is 5.14. The van der Waals surface area contributed by atoms with Crippen LogP contribution in [0, 0.1) is 11.3 Å². The first-order valence-corrected chi connectivity index (χ1v) is 7.28. The average molecular weight is 267 g/mol. The quantitative estimate of drug-likeness (QED) is 0.738. The molecule has 2 aliphatic rings. The van der Waals surface area contributed by atoms with Gasteiger partial charge in [0.2, 0.25) is 0 Å². The Labute approximate surface area is 115 Å². The van der Waals surface area contributed by atoms with Crippen LogP contribution < -0.4 is 0 Å². The molecule has 1 saturated carbocycles. The summed E-state index contributed by atoms with van der Waals surface area (Å²) in [7, 11) is 0. The maximum atomic E-state index is 12.1. The Morgan fingerprint density at radius 1 is 1.47 bits per heavy atom. The van der Waals surface area contributed by atoms with Gasteiger partial charge in [0.05, 0.1) is 0 Å². The summed E-state index contributed by atoms with van der Waals surface area (Å²) < 4.78 is 5.45. The van der Waals surface area contributed by atoms with E-state index in [0.29, 0.717) is 12.3 Å². The molecule has 1 spiro atoms. The van der Waals surface area contributed by atoms with E-state index in [1.807, 2.05) is 25.7 Å². The number of carbonyl (C=O) groups is 2. The number of aldehydes is 1. The number of nitrogens with zero attached hydrogens (tertiary/aromatic N) is 1. The predicted molar refractivity (Wildman–Crippen MR) is 72.9 cm³/mol. The van der Waals surface area contributed by atoms with E-state index < -0.39 is 5.60 Å². The van der Waals surface area contributed by atoms with Crippen molar-refractivity contribution in [3.63, 3.8) is 0 Å². The Morgan fingerprint density at radius 2 is 2.21 bits per heavy atom. The SMILES string of the molecule is CC(C)(C)OC(=O)N1CCCC2(CC2CCC=O)C1. The Morgan fingerprint density at radius 3 is 2.84 bits per heavy atom. The van der Waals surface area contributed by atoms with E-state index in [1.165, 1.54) is 12.8 Å². The number of likely N-dealkylation sites (tertiary alicyclic amines) is 1. The first-order valence-electron chi connectivity index (χ1n) is 7.28. The average Bonchev–Trinajstić information content (AvgIpc) is 2.96. The van der Waals surface area contributed by atoms with Gasteiger partial charge in [0.1, 0.15) is 11.9 Å². The fourth-order valence-corrected chi connectivity index (χ4v) is 3.25. The molecule has 2 atom stereocenters. The summed E-state index contributed by atoms with van der Waals surface area (Å²) in [5.41, 5.74) is -0.139. The molecule has 0 aromatic rings. The van der Waals surface area contributed by atoms with Crippen LogP contribution in [0.5, 0.6) is 0 Å². The maximum Gasteiger partial charge on any atom is 0.410 e. The number of hydrogen-bond acceptors (Lipinski definition) is 3. The number of ether oxygens (including phenoxy) is 1. The van der Waals surface area contributed by atoms with Crippen molar-refractivity contribution in [3.05, 3.63) is 0 Å². The zero-order valence-electron chi connectivity index (χ0n) is 12.3. The van der Waals surface area contributed by atoms with Crippen LogP contribution in [0.1, 0.15) is 52.9 Å². The van der Waals surface area contributed by atoms with Crippen molar-refractivity contribution in [2.75, 3.05) is 13.1 Å². The highest BCUT2D eigenvalue weighted by molar-refractivity contribution is 5.68. The second-order valence-corrected chi connectivity index (χ2v) is 7.01. The maximum absolute atomic E-state index is 12.1. The smallest absolute Gasteiger partial charge is 0.410 e. The molecular formula is C15H25NO3. The Bertz CT molecular complexity index is 361. The topological polar surface area (TPSA) is 46.6 Å². The van der Waals surface area contributed by atoms with Gasteiger partial charge >= 0.3 is 6.09 Å². The van der Waals surface area contributed by atoms with Crippen molar-refractivity contribution in [1.29, 1.82) is 0 Å². The minimum atomic E-state index is -0.428. The van der Waals surface area contributed by atoms with Gasteiger partial charge in [0, 0.05) is 19.5 Å². The van der Waals surface area contributed by atoms with Crippen molar-refractivity contribution in [1.82, 2.24) is 4.90 Å². The van der Waals surface area contributed by atoms with Gasteiger partial charge in [-0.3, -0.25) is 0 Å². The fourth-order valence-electron chi connectivity index (χ4n) is 3.25. The molecule has 1 heterocycles. The van der Waals surface area contributed by atoms with Crippen LogP contribution in [0.3, 0.4) is 0 Å². The molecule has 0 radical (unpaired) electrons. The minimum Gasteiger partial charge on any atom is -0.444 e. The van der Waals surface area contributed by atoms with E-state index in [2.05, 4.69) is 0 Å². The Balaban J connectivity index is 1.88. The lowest BCUT2D eigenvalue weighted by atomic mass is 9.91. The van der Waals surface area contributed by atoms with Crippen LogP contribution in [0.4, 0.5) is 4.79 Å². The lowest BCUT2D eigenvalue weighted by Crippen LogP contribution is -2.44. The van der Waals surface area contributed by atoms with E-state index in [1.54, 1.807) is 0 Å². The number of carbonyl (C=O) groups excluding carboxylic acids is 2. The summed E-state index contributed by atoms with van der Waals surface area (Å²) in [6.07, 6.45) is 5.85. The van der Waals surface area contributed by atoms with Gasteiger partial charge in [-0.25, -0.2) is 4.79 Å². The summed E-state index contributed by atoms with van der Waals surface area (Å²) in [5.74, 6) is 0.628. The van der Waals surface area contributed by atoms with Gasteiger partial charge in [0.15, 0.2) is 0 Å². The third-order valence-corrected chi connectivity index (χ3v) is 4.25. The molecule has 19 heavy (non-hydrogen) atoms. The number of hydrogen-bond donors (Lipinski definition) is 0. The van der Waals surface area contributed by atoms with E-state index in [4.69, 9.17) is 4.74 Å². The highest BCUT2D eigenvalue weighted by Gasteiger charge is 2.55. The van der Waals surface area contributed by atoms with Crippen LogP contribution in [-0.2, 0) is 9.53 Å². The molecule has 0 aromatic heterocycles. The van der Waals surface area contributed by atoms with Gasteiger partial charge in [-0.05, 0) is 57.8 Å². The van der Waals surface area contributed by atoms with E-state index in [9.17, 15) is 9.59 Å². The third-order valence-electron chi connectivity index (χ3n) is 4.25. The van der Waals surface area contributed by atoms with Gasteiger partial charge in [-0.2, -0.15) is 0 Å². The zero-order valence-corrected chi connectivity index (χ0v) is 12.3. The molecule has 1 amide bonds. The van der Waals surface area contributed by atoms with Gasteiger partial charge in [-0.1, -0.05) is 0 Å². The molecule has 2 unspecified atom stereocenters. The molecule has 1 saturated heterocycles. The van der Waals surface area contributed by atoms with Crippen molar-refractivity contribution >= 4 is 12.4 Å². The minimum absolute atomic E-state index is 0.187. The molecule has 1 aliphatic heterocycles. The molecule has 0 aromatic carbocycles. The number of amides is 1. The Hall–Kier alpha value is -1.06. The second-order valence-electron chi connectivity index (χ2n) is 7.01. The van der Waals surface area contributed by atoms with Gasteiger partial charge in [0.25, 0.3) is 0 Å². The zero-order chi connectivity index (χ0) is 14.1. The van der Waals surface area contributed by atoms with Crippen LogP contribution in [0.15, 0.2) is 0 Å². The molecule has 2 fully saturated rings. The molecule has 108 valence electrons. The first-order chi connectivity index (χ1) is 8.86. The van der Waals surface area contributed by atoms with E-state index >= 15 is 0 Å². The Kier molecular flexibility index (Phi) is 3.88. The summed E-state index contributed by atoms with van der Waals surface area (Å²) in [6, 6.07) is 0. The van der Waals surface area contributed by atoms with Crippen molar-refractivity contribution in [2.45, 2.75) is 58.5 Å². The van der Waals surface area contributed by atoms with Gasteiger partial charge < -0.3 is 14.4 Å². The normalized spacial score (nSPS) is 30.3. The van der Waals surface area contributed by atoms with Crippen molar-refractivity contribution in [2.24, 2.45) is 11.3 Å². The van der Waals surface area contributed by atoms with E-state index in [0.717, 1.165) is 32.2 Å². The molecule has 2 rings (SSSR count). The molecule has 0 N–H and O–H groups in total. The monoisotopic (exact) mass is 267 g/mol. The fraction of sp³-hybridized carbons (Fsp3) is 0.867. The van der Waals surface area contributed by atoms with Crippen molar-refractivity contribution in [3.8, 4) is 0 Å². The van der Waals surface area contributed by atoms with Crippen molar-refractivity contribution < 1.29 is 14.3 Å². The highest BCUT2D eigenvalue weighted by atomic mass is 16.6. The number of rotatable bonds is 3. The lowest BCUT2D eigenvalue weighted by molar-refractivity contribution is -0.108. The lowest BCUT2D eigenvalue weighted by Gasteiger charge is -2.35. The van der Waals surface area contributed by atoms with E-state index in [-0.39, 0.29) is 11.5 Å². The summed E-state index contributed by atoms with van der Waals surface area (Å²) >= 11 is 0. The largest absolute Gasteiger partial charge is 0.444 e. The standard InChI is InChI=1S/C15H25NO3/c1-14(2,3)19-13(18)16-8-5-7-15(11-16)10-12(15)6-4-9-17/h9,12H,4-8,10-11H2,1-3H3. The van der Waals surface area contributed by atoms with Crippen LogP contribution in [0.2, 0.25) is 0 Å². The summed E-state index contributed by atoms with van der Waals surface area (Å²) in [6.45, 7) is 7.31.